The minimum Gasteiger partial charge on any atom is -0.481 e. The van der Waals surface area contributed by atoms with Gasteiger partial charge in [-0.15, -0.1) is 0 Å². The van der Waals surface area contributed by atoms with Crippen LogP contribution in [0.3, 0.4) is 0 Å². The van der Waals surface area contributed by atoms with Gasteiger partial charge < -0.3 is 36.2 Å². The van der Waals surface area contributed by atoms with E-state index in [0.717, 1.165) is 0 Å². The van der Waals surface area contributed by atoms with Gasteiger partial charge in [-0.3, -0.25) is 38.7 Å². The molecule has 46 heavy (non-hydrogen) atoms. The van der Waals surface area contributed by atoms with Crippen molar-refractivity contribution in [2.24, 2.45) is 4.99 Å². The maximum absolute atomic E-state index is 12.8. The molecular weight excluding hydrogens is 624 g/mol. The Kier molecular flexibility index (Phi) is 16.9. The van der Waals surface area contributed by atoms with Crippen LogP contribution in [0.1, 0.15) is 30.7 Å². The minimum absolute atomic E-state index is 0.0110. The largest absolute Gasteiger partial charge is 0.481 e. The maximum atomic E-state index is 12.8. The van der Waals surface area contributed by atoms with E-state index in [4.69, 9.17) is 0 Å². The minimum atomic E-state index is -1.15. The first-order valence-electron chi connectivity index (χ1n) is 14.8. The average molecular weight is 667 g/mol. The Morgan fingerprint density at radius 3 is 2.09 bits per heavy atom. The number of carboxylic acid groups (broad SMARTS) is 4. The Balaban J connectivity index is 2.15. The van der Waals surface area contributed by atoms with Crippen molar-refractivity contribution in [2.45, 2.75) is 37.3 Å². The monoisotopic (exact) mass is 666 g/mol. The van der Waals surface area contributed by atoms with Crippen LogP contribution in [-0.2, 0) is 24.0 Å². The number of aliphatic imine (C=N–C) groups is 1. The number of nitrogens with zero attached hydrogens (tertiary/aromatic N) is 4. The second-order valence-corrected chi connectivity index (χ2v) is 11.2. The molecule has 0 spiro atoms. The number of isothiocyanates is 1. The van der Waals surface area contributed by atoms with E-state index in [0.29, 0.717) is 30.9 Å². The maximum Gasteiger partial charge on any atom is 0.317 e. The molecule has 1 fully saturated rings. The first-order chi connectivity index (χ1) is 21.9. The number of benzene rings is 1. The molecule has 1 heterocycles. The summed E-state index contributed by atoms with van der Waals surface area (Å²) in [5, 5.41) is 56.8. The SMILES string of the molecule is O=C(O)CC(CC(=O)NCC(O)CC1CN(CC(=O)O)CCN(CC(=O)O)CCNCCN1CC(=O)O)c1ccc(N=C=S)cc1. The van der Waals surface area contributed by atoms with Crippen LogP contribution in [0.15, 0.2) is 29.3 Å². The smallest absolute Gasteiger partial charge is 0.317 e. The van der Waals surface area contributed by atoms with Gasteiger partial charge in [0.05, 0.1) is 43.0 Å². The molecule has 0 saturated carbocycles. The second kappa shape index (κ2) is 20.3. The fourth-order valence-electron chi connectivity index (χ4n) is 5.27. The van der Waals surface area contributed by atoms with E-state index in [-0.39, 0.29) is 71.6 Å². The van der Waals surface area contributed by atoms with Gasteiger partial charge in [0, 0.05) is 70.7 Å². The van der Waals surface area contributed by atoms with Crippen molar-refractivity contribution in [1.82, 2.24) is 25.3 Å². The van der Waals surface area contributed by atoms with Crippen molar-refractivity contribution in [1.29, 1.82) is 0 Å². The van der Waals surface area contributed by atoms with Crippen molar-refractivity contribution in [3.63, 3.8) is 0 Å². The Hall–Kier alpha value is -3.83. The molecule has 17 heteroatoms. The number of hydrogen-bond acceptors (Lipinski definition) is 12. The summed E-state index contributed by atoms with van der Waals surface area (Å²) in [4.78, 5) is 67.8. The van der Waals surface area contributed by atoms with Gasteiger partial charge in [0.25, 0.3) is 0 Å². The molecule has 0 radical (unpaired) electrons. The van der Waals surface area contributed by atoms with Crippen LogP contribution in [-0.4, -0.2) is 159 Å². The summed E-state index contributed by atoms with van der Waals surface area (Å²) in [6.45, 7) is 0.764. The van der Waals surface area contributed by atoms with E-state index in [1.54, 1.807) is 39.0 Å². The third kappa shape index (κ3) is 15.4. The Labute approximate surface area is 271 Å². The molecule has 2 rings (SSSR count). The van der Waals surface area contributed by atoms with Crippen LogP contribution in [0.25, 0.3) is 0 Å². The third-order valence-corrected chi connectivity index (χ3v) is 7.52. The molecule has 0 bridgehead atoms. The van der Waals surface area contributed by atoms with Crippen LogP contribution < -0.4 is 10.6 Å². The number of thiocarbonyl (C=S) groups is 1. The number of carbonyl (C=O) groups is 5. The van der Waals surface area contributed by atoms with Gasteiger partial charge >= 0.3 is 23.9 Å². The van der Waals surface area contributed by atoms with Crippen LogP contribution in [0.5, 0.6) is 0 Å². The van der Waals surface area contributed by atoms with Gasteiger partial charge in [-0.2, -0.15) is 4.99 Å². The lowest BCUT2D eigenvalue weighted by Crippen LogP contribution is -2.53. The standard InChI is InChI=1S/C29H42N6O10S/c36-24(14-31-25(37)11-21(12-26(38)39)20-1-3-22(4-2-20)32-19-46)13-23-15-34(17-28(42)43)10-9-33(16-27(40)41)7-5-30-6-8-35(23)18-29(44)45/h1-4,21,23-24,30,36H,5-18H2,(H,31,37)(H,38,39)(H,40,41)(H,42,43)(H,44,45). The molecule has 7 N–H and O–H groups in total. The fraction of sp³-hybridized carbons (Fsp3) is 0.586. The highest BCUT2D eigenvalue weighted by Gasteiger charge is 2.28. The van der Waals surface area contributed by atoms with E-state index >= 15 is 0 Å². The lowest BCUT2D eigenvalue weighted by Gasteiger charge is -2.37. The zero-order chi connectivity index (χ0) is 34.1. The van der Waals surface area contributed by atoms with Crippen molar-refractivity contribution < 1.29 is 49.5 Å². The quantitative estimate of drug-likeness (QED) is 0.0860. The van der Waals surface area contributed by atoms with Gasteiger partial charge in [-0.25, -0.2) is 0 Å². The number of hydrogen-bond donors (Lipinski definition) is 7. The van der Waals surface area contributed by atoms with Gasteiger partial charge in [0.1, 0.15) is 0 Å². The highest BCUT2D eigenvalue weighted by molar-refractivity contribution is 7.78. The highest BCUT2D eigenvalue weighted by Crippen LogP contribution is 2.26. The summed E-state index contributed by atoms with van der Waals surface area (Å²) < 4.78 is 0. The predicted molar refractivity (Wildman–Crippen MR) is 168 cm³/mol. The number of nitrogens with one attached hydrogen (secondary N) is 2. The van der Waals surface area contributed by atoms with Gasteiger partial charge in [0.15, 0.2) is 0 Å². The molecule has 3 atom stereocenters. The molecule has 1 saturated heterocycles. The normalized spacial score (nSPS) is 18.6. The predicted octanol–water partition coefficient (Wildman–Crippen LogP) is -0.632. The Morgan fingerprint density at radius 1 is 0.870 bits per heavy atom. The van der Waals surface area contributed by atoms with Gasteiger partial charge in [-0.05, 0) is 36.3 Å². The fourth-order valence-corrected chi connectivity index (χ4v) is 5.38. The van der Waals surface area contributed by atoms with Crippen molar-refractivity contribution in [3.8, 4) is 0 Å². The molecule has 3 unspecified atom stereocenters. The number of aliphatic carboxylic acids is 4. The second-order valence-electron chi connectivity index (χ2n) is 11.1. The van der Waals surface area contributed by atoms with Crippen molar-refractivity contribution >= 4 is 52.9 Å². The topological polar surface area (TPSA) is 233 Å². The summed E-state index contributed by atoms with van der Waals surface area (Å²) in [6.07, 6.45) is -1.64. The third-order valence-electron chi connectivity index (χ3n) is 7.43. The number of carbonyl (C=O) groups excluding carboxylic acids is 1. The molecule has 0 aromatic heterocycles. The summed E-state index contributed by atoms with van der Waals surface area (Å²) in [5.41, 5.74) is 1.13. The van der Waals surface area contributed by atoms with E-state index in [9.17, 15) is 49.5 Å². The van der Waals surface area contributed by atoms with Crippen LogP contribution in [0.2, 0.25) is 0 Å². The first-order valence-corrected chi connectivity index (χ1v) is 15.2. The lowest BCUT2D eigenvalue weighted by atomic mass is 9.92. The molecule has 254 valence electrons. The first kappa shape index (κ1) is 38.4. The number of carboxylic acids is 4. The number of aliphatic hydroxyl groups excluding tert-OH is 1. The lowest BCUT2D eigenvalue weighted by molar-refractivity contribution is -0.141. The molecule has 1 amide bonds. The Morgan fingerprint density at radius 2 is 1.48 bits per heavy atom. The van der Waals surface area contributed by atoms with E-state index in [1.807, 2.05) is 0 Å². The van der Waals surface area contributed by atoms with Crippen LogP contribution >= 0.6 is 12.2 Å². The molecule has 1 aromatic rings. The number of amides is 1. The number of rotatable bonds is 16. The van der Waals surface area contributed by atoms with E-state index < -0.39 is 47.8 Å². The zero-order valence-corrected chi connectivity index (χ0v) is 26.2. The number of aliphatic hydroxyl groups is 1. The highest BCUT2D eigenvalue weighted by atomic mass is 32.1. The molecular formula is C29H42N6O10S. The summed E-state index contributed by atoms with van der Waals surface area (Å²) >= 11 is 4.59. The van der Waals surface area contributed by atoms with E-state index in [2.05, 4.69) is 33.0 Å². The molecule has 0 aliphatic carbocycles. The molecule has 1 aliphatic rings. The van der Waals surface area contributed by atoms with Crippen LogP contribution in [0, 0.1) is 0 Å². The summed E-state index contributed by atoms with van der Waals surface area (Å²) in [6, 6.07) is 5.93. The molecule has 16 nitrogen and oxygen atoms in total. The van der Waals surface area contributed by atoms with Gasteiger partial charge in [0.2, 0.25) is 5.91 Å². The van der Waals surface area contributed by atoms with Crippen LogP contribution in [0.4, 0.5) is 5.69 Å². The van der Waals surface area contributed by atoms with Crippen molar-refractivity contribution in [3.05, 3.63) is 29.8 Å². The molecule has 1 aliphatic heterocycles. The Bertz CT molecular complexity index is 1230. The summed E-state index contributed by atoms with van der Waals surface area (Å²) in [7, 11) is 0. The van der Waals surface area contributed by atoms with Crippen molar-refractivity contribution in [2.75, 3.05) is 72.0 Å². The van der Waals surface area contributed by atoms with Gasteiger partial charge in [-0.1, -0.05) is 12.1 Å². The zero-order valence-electron chi connectivity index (χ0n) is 25.4. The van der Waals surface area contributed by atoms with E-state index in [1.165, 1.54) is 0 Å². The summed E-state index contributed by atoms with van der Waals surface area (Å²) in [5.74, 6) is -5.49. The average Bonchev–Trinajstić information content (AvgIpc) is 2.96. The molecule has 1 aromatic carbocycles.